The van der Waals surface area contributed by atoms with E-state index in [-0.39, 0.29) is 5.82 Å². The second-order valence-electron chi connectivity index (χ2n) is 5.03. The van der Waals surface area contributed by atoms with Crippen LogP contribution in [-0.2, 0) is 0 Å². The second kappa shape index (κ2) is 5.20. The summed E-state index contributed by atoms with van der Waals surface area (Å²) in [5.41, 5.74) is 2.73. The molecule has 0 aliphatic heterocycles. The average molecular weight is 306 g/mol. The molecular weight excluding hydrogens is 295 g/mol. The lowest BCUT2D eigenvalue weighted by molar-refractivity contribution is 0.625. The summed E-state index contributed by atoms with van der Waals surface area (Å²) in [6.07, 6.45) is 6.65. The molecule has 7 heteroatoms. The Labute approximate surface area is 130 Å². The highest BCUT2D eigenvalue weighted by atomic mass is 19.1. The average Bonchev–Trinajstić information content (AvgIpc) is 2.99. The van der Waals surface area contributed by atoms with E-state index >= 15 is 0 Å². The highest BCUT2D eigenvalue weighted by Crippen LogP contribution is 2.20. The summed E-state index contributed by atoms with van der Waals surface area (Å²) in [5.74, 6) is 0.855. The Morgan fingerprint density at radius 1 is 1.00 bits per heavy atom. The fourth-order valence-corrected chi connectivity index (χ4v) is 2.24. The fraction of sp³-hybridized carbons (Fsp3) is 0.0625. The fourth-order valence-electron chi connectivity index (χ4n) is 2.24. The Kier molecular flexibility index (Phi) is 3.04. The molecule has 112 valence electrons. The highest BCUT2D eigenvalue weighted by Gasteiger charge is 2.10. The minimum absolute atomic E-state index is 0.310. The standard InChI is InChI=1S/C16H11FN6/c1-10-19-8-11(9-20-10)14-2-4-18-16(21-14)15-7-13-6-12(17)3-5-23(13)22-15/h2-9H,1H3. The second-order valence-corrected chi connectivity index (χ2v) is 5.03. The molecule has 0 aliphatic carbocycles. The maximum atomic E-state index is 13.3. The van der Waals surface area contributed by atoms with Gasteiger partial charge < -0.3 is 0 Å². The van der Waals surface area contributed by atoms with Gasteiger partial charge in [0.2, 0.25) is 0 Å². The molecule has 0 N–H and O–H groups in total. The van der Waals surface area contributed by atoms with Crippen LogP contribution in [0.1, 0.15) is 5.82 Å². The number of hydrogen-bond donors (Lipinski definition) is 0. The third-order valence-electron chi connectivity index (χ3n) is 3.39. The van der Waals surface area contributed by atoms with Crippen LogP contribution in [0.2, 0.25) is 0 Å². The maximum absolute atomic E-state index is 13.3. The molecular formula is C16H11FN6. The molecule has 0 atom stereocenters. The molecule has 4 rings (SSSR count). The summed E-state index contributed by atoms with van der Waals surface area (Å²) in [5, 5.41) is 4.37. The summed E-state index contributed by atoms with van der Waals surface area (Å²) in [4.78, 5) is 17.1. The van der Waals surface area contributed by atoms with Gasteiger partial charge in [0.05, 0.1) is 11.2 Å². The van der Waals surface area contributed by atoms with Crippen LogP contribution in [0.5, 0.6) is 0 Å². The van der Waals surface area contributed by atoms with Gasteiger partial charge in [0.15, 0.2) is 5.82 Å². The zero-order valence-corrected chi connectivity index (χ0v) is 12.2. The highest BCUT2D eigenvalue weighted by molar-refractivity contribution is 5.64. The number of pyridine rings is 1. The van der Waals surface area contributed by atoms with E-state index in [2.05, 4.69) is 25.0 Å². The first-order valence-corrected chi connectivity index (χ1v) is 6.96. The Bertz CT molecular complexity index is 993. The Balaban J connectivity index is 1.79. The van der Waals surface area contributed by atoms with Gasteiger partial charge in [-0.25, -0.2) is 28.8 Å². The molecule has 0 saturated carbocycles. The molecule has 0 aliphatic rings. The first kappa shape index (κ1) is 13.4. The lowest BCUT2D eigenvalue weighted by Crippen LogP contribution is -1.94. The van der Waals surface area contributed by atoms with Crippen LogP contribution in [0.4, 0.5) is 4.39 Å². The van der Waals surface area contributed by atoms with Gasteiger partial charge in [-0.3, -0.25) is 0 Å². The summed E-state index contributed by atoms with van der Waals surface area (Å²) < 4.78 is 14.9. The van der Waals surface area contributed by atoms with Gasteiger partial charge in [-0.05, 0) is 31.2 Å². The summed E-state index contributed by atoms with van der Waals surface area (Å²) in [7, 11) is 0. The number of hydrogen-bond acceptors (Lipinski definition) is 5. The lowest BCUT2D eigenvalue weighted by Gasteiger charge is -2.01. The van der Waals surface area contributed by atoms with Crippen molar-refractivity contribution in [3.63, 3.8) is 0 Å². The van der Waals surface area contributed by atoms with Crippen molar-refractivity contribution in [1.29, 1.82) is 0 Å². The van der Waals surface area contributed by atoms with E-state index in [4.69, 9.17) is 0 Å². The smallest absolute Gasteiger partial charge is 0.180 e. The van der Waals surface area contributed by atoms with Crippen molar-refractivity contribution in [2.24, 2.45) is 0 Å². The van der Waals surface area contributed by atoms with Crippen molar-refractivity contribution in [3.05, 3.63) is 60.7 Å². The van der Waals surface area contributed by atoms with Crippen LogP contribution in [0.25, 0.3) is 28.3 Å². The number of rotatable bonds is 2. The van der Waals surface area contributed by atoms with E-state index in [1.54, 1.807) is 41.4 Å². The number of halogens is 1. The van der Waals surface area contributed by atoms with E-state index in [0.717, 1.165) is 5.56 Å². The predicted octanol–water partition coefficient (Wildman–Crippen LogP) is 2.70. The zero-order valence-electron chi connectivity index (χ0n) is 12.2. The quantitative estimate of drug-likeness (QED) is 0.569. The largest absolute Gasteiger partial charge is 0.241 e. The zero-order chi connectivity index (χ0) is 15.8. The van der Waals surface area contributed by atoms with Crippen LogP contribution < -0.4 is 0 Å². The number of nitrogens with zero attached hydrogens (tertiary/aromatic N) is 6. The minimum Gasteiger partial charge on any atom is -0.241 e. The number of aromatic nitrogens is 6. The van der Waals surface area contributed by atoms with Gasteiger partial charge in [-0.15, -0.1) is 0 Å². The van der Waals surface area contributed by atoms with Crippen molar-refractivity contribution >= 4 is 5.52 Å². The summed E-state index contributed by atoms with van der Waals surface area (Å²) in [6.45, 7) is 1.82. The van der Waals surface area contributed by atoms with Crippen LogP contribution in [0.15, 0.2) is 49.1 Å². The summed E-state index contributed by atoms with van der Waals surface area (Å²) in [6, 6.07) is 6.29. The molecule has 4 aromatic rings. The van der Waals surface area contributed by atoms with Crippen LogP contribution in [0, 0.1) is 12.7 Å². The van der Waals surface area contributed by atoms with Crippen molar-refractivity contribution in [2.75, 3.05) is 0 Å². The monoisotopic (exact) mass is 306 g/mol. The first-order valence-electron chi connectivity index (χ1n) is 6.96. The number of fused-ring (bicyclic) bond motifs is 1. The van der Waals surface area contributed by atoms with Crippen molar-refractivity contribution in [1.82, 2.24) is 29.5 Å². The Morgan fingerprint density at radius 3 is 2.65 bits per heavy atom. The predicted molar refractivity (Wildman–Crippen MR) is 81.9 cm³/mol. The molecule has 4 aromatic heterocycles. The van der Waals surface area contributed by atoms with Crippen molar-refractivity contribution in [3.8, 4) is 22.8 Å². The van der Waals surface area contributed by atoms with E-state index in [0.29, 0.717) is 28.6 Å². The normalized spacial score (nSPS) is 11.0. The van der Waals surface area contributed by atoms with Crippen LogP contribution >= 0.6 is 0 Å². The molecule has 0 radical (unpaired) electrons. The van der Waals surface area contributed by atoms with Gasteiger partial charge in [0, 0.05) is 30.4 Å². The topological polar surface area (TPSA) is 68.9 Å². The molecule has 0 saturated heterocycles. The van der Waals surface area contributed by atoms with Crippen molar-refractivity contribution < 1.29 is 4.39 Å². The minimum atomic E-state index is -0.310. The molecule has 0 amide bonds. The van der Waals surface area contributed by atoms with E-state index in [1.807, 2.05) is 6.92 Å². The maximum Gasteiger partial charge on any atom is 0.180 e. The Hall–Kier alpha value is -3.22. The first-order chi connectivity index (χ1) is 11.2. The SMILES string of the molecule is Cc1ncc(-c2ccnc(-c3cc4cc(F)ccn4n3)n2)cn1. The molecule has 23 heavy (non-hydrogen) atoms. The summed E-state index contributed by atoms with van der Waals surface area (Å²) >= 11 is 0. The molecule has 6 nitrogen and oxygen atoms in total. The molecule has 0 fully saturated rings. The third-order valence-corrected chi connectivity index (χ3v) is 3.39. The van der Waals surface area contributed by atoms with Crippen molar-refractivity contribution in [2.45, 2.75) is 6.92 Å². The van der Waals surface area contributed by atoms with E-state index < -0.39 is 0 Å². The van der Waals surface area contributed by atoms with Crippen LogP contribution in [0.3, 0.4) is 0 Å². The number of aryl methyl sites for hydroxylation is 1. The third kappa shape index (κ3) is 2.52. The van der Waals surface area contributed by atoms with Gasteiger partial charge in [0.1, 0.15) is 17.3 Å². The molecule has 0 unspecified atom stereocenters. The van der Waals surface area contributed by atoms with E-state index in [9.17, 15) is 4.39 Å². The Morgan fingerprint density at radius 2 is 1.83 bits per heavy atom. The molecule has 4 heterocycles. The van der Waals surface area contributed by atoms with Gasteiger partial charge in [-0.1, -0.05) is 0 Å². The van der Waals surface area contributed by atoms with Crippen LogP contribution in [-0.4, -0.2) is 29.5 Å². The molecule has 0 spiro atoms. The molecule has 0 bridgehead atoms. The molecule has 0 aromatic carbocycles. The van der Waals surface area contributed by atoms with E-state index in [1.165, 1.54) is 12.1 Å². The lowest BCUT2D eigenvalue weighted by atomic mass is 10.2. The van der Waals surface area contributed by atoms with Gasteiger partial charge >= 0.3 is 0 Å². The van der Waals surface area contributed by atoms with Gasteiger partial charge in [-0.2, -0.15) is 5.10 Å². The van der Waals surface area contributed by atoms with Gasteiger partial charge in [0.25, 0.3) is 0 Å².